The van der Waals surface area contributed by atoms with Gasteiger partial charge in [-0.05, 0) is 135 Å². The van der Waals surface area contributed by atoms with Crippen LogP contribution in [0.1, 0.15) is 323 Å². The summed E-state index contributed by atoms with van der Waals surface area (Å²) in [5.41, 5.74) is 0. The number of ether oxygens (including phenoxy) is 4. The van der Waals surface area contributed by atoms with Gasteiger partial charge >= 0.3 is 39.5 Å². The van der Waals surface area contributed by atoms with Crippen molar-refractivity contribution in [2.45, 2.75) is 341 Å². The standard InChI is InChI=1S/C83H142O17P2/c1-5-9-13-17-21-25-29-32-35-37-38-40-42-45-49-52-56-60-64-68-81(86)94-74-79(100-83(88)70-66-62-58-54-50-46-43-39-36-33-30-26-22-18-14-10-6-2)76-98-102(91,92)96-72-77(84)71-95-101(89,90)97-75-78(99-82(87)69-65-61-57-53-47-28-24-20-16-12-8-4)73-93-80(85)67-63-59-55-51-48-44-41-34-31-27-23-19-15-11-7-3/h9-10,13-14,21-23,25-27,32-36,38,40-41,45,49,77-79,84H,5-8,11-12,15-20,24,28-31,37,39,42-44,46-48,50-76H2,1-4H3,(H,89,90)(H,91,92)/b13-9-,14-10-,25-21-,26-22-,27-23-,35-32-,36-33-,40-38-,41-34-,49-45-. The molecule has 0 aliphatic rings. The number of unbranched alkanes of at least 4 members (excludes halogenated alkanes) is 28. The minimum atomic E-state index is -4.99. The molecule has 0 radical (unpaired) electrons. The summed E-state index contributed by atoms with van der Waals surface area (Å²) < 4.78 is 68.5. The molecule has 0 saturated heterocycles. The topological polar surface area (TPSA) is 237 Å². The summed E-state index contributed by atoms with van der Waals surface area (Å²) in [5.74, 6) is -2.23. The molecule has 0 aliphatic heterocycles. The molecule has 19 heteroatoms. The molecule has 0 amide bonds. The number of aliphatic hydroxyl groups excluding tert-OH is 1. The van der Waals surface area contributed by atoms with Gasteiger partial charge < -0.3 is 33.8 Å². The summed E-state index contributed by atoms with van der Waals surface area (Å²) in [6, 6.07) is 0. The zero-order chi connectivity index (χ0) is 74.6. The van der Waals surface area contributed by atoms with E-state index >= 15 is 0 Å². The molecule has 0 aliphatic carbocycles. The van der Waals surface area contributed by atoms with E-state index in [2.05, 4.69) is 149 Å². The van der Waals surface area contributed by atoms with Crippen molar-refractivity contribution in [1.29, 1.82) is 0 Å². The van der Waals surface area contributed by atoms with E-state index in [1.165, 1.54) is 57.8 Å². The van der Waals surface area contributed by atoms with E-state index in [1.807, 2.05) is 0 Å². The largest absolute Gasteiger partial charge is 0.472 e. The predicted molar refractivity (Wildman–Crippen MR) is 418 cm³/mol. The summed E-state index contributed by atoms with van der Waals surface area (Å²) in [6.07, 6.45) is 81.8. The van der Waals surface area contributed by atoms with Crippen molar-refractivity contribution >= 4 is 39.5 Å². The monoisotopic (exact) mass is 1470 g/mol. The molecule has 0 spiro atoms. The summed E-state index contributed by atoms with van der Waals surface area (Å²) in [5, 5.41) is 10.6. The highest BCUT2D eigenvalue weighted by atomic mass is 31.2. The second kappa shape index (κ2) is 74.7. The number of rotatable bonds is 74. The maximum Gasteiger partial charge on any atom is 0.472 e. The first-order valence-electron chi connectivity index (χ1n) is 39.8. The van der Waals surface area contributed by atoms with E-state index in [0.29, 0.717) is 25.7 Å². The number of esters is 4. The Balaban J connectivity index is 5.38. The van der Waals surface area contributed by atoms with Crippen molar-refractivity contribution in [3.63, 3.8) is 0 Å². The Kier molecular flexibility index (Phi) is 71.4. The fourth-order valence-electron chi connectivity index (χ4n) is 10.4. The normalized spacial score (nSPS) is 14.5. The maximum atomic E-state index is 13.1. The van der Waals surface area contributed by atoms with Gasteiger partial charge in [-0.2, -0.15) is 0 Å². The Labute approximate surface area is 619 Å². The number of allylic oxidation sites excluding steroid dienone is 20. The minimum absolute atomic E-state index is 0.0737. The molecule has 102 heavy (non-hydrogen) atoms. The number of carbonyl (C=O) groups is 4. The number of aliphatic hydroxyl groups is 1. The number of hydrogen-bond acceptors (Lipinski definition) is 15. The lowest BCUT2D eigenvalue weighted by atomic mass is 10.1. The van der Waals surface area contributed by atoms with Gasteiger partial charge in [0.15, 0.2) is 12.2 Å². The van der Waals surface area contributed by atoms with Crippen molar-refractivity contribution in [2.75, 3.05) is 39.6 Å². The van der Waals surface area contributed by atoms with Crippen LogP contribution in [0.3, 0.4) is 0 Å². The maximum absolute atomic E-state index is 13.1. The first kappa shape index (κ1) is 97.5. The van der Waals surface area contributed by atoms with Gasteiger partial charge in [0.25, 0.3) is 0 Å². The average Bonchev–Trinajstić information content (AvgIpc) is 0.921. The lowest BCUT2D eigenvalue weighted by Crippen LogP contribution is -2.30. The molecule has 5 atom stereocenters. The predicted octanol–water partition coefficient (Wildman–Crippen LogP) is 23.1. The van der Waals surface area contributed by atoms with Gasteiger partial charge in [0.05, 0.1) is 26.4 Å². The third-order valence-electron chi connectivity index (χ3n) is 16.4. The summed E-state index contributed by atoms with van der Waals surface area (Å²) in [6.45, 7) is 4.57. The molecule has 0 bridgehead atoms. The van der Waals surface area contributed by atoms with Crippen LogP contribution in [-0.4, -0.2) is 96.7 Å². The Morgan fingerprint density at radius 2 is 0.510 bits per heavy atom. The molecule has 0 aromatic carbocycles. The summed E-state index contributed by atoms with van der Waals surface area (Å²) >= 11 is 0. The van der Waals surface area contributed by atoms with E-state index in [-0.39, 0.29) is 25.7 Å². The summed E-state index contributed by atoms with van der Waals surface area (Å²) in [7, 11) is -9.97. The van der Waals surface area contributed by atoms with Gasteiger partial charge in [-0.1, -0.05) is 284 Å². The fourth-order valence-corrected chi connectivity index (χ4v) is 12.0. The number of phosphoric ester groups is 2. The molecule has 3 N–H and O–H groups in total. The zero-order valence-corrected chi connectivity index (χ0v) is 65.8. The van der Waals surface area contributed by atoms with Crippen LogP contribution in [0.25, 0.3) is 0 Å². The van der Waals surface area contributed by atoms with Gasteiger partial charge in [0.2, 0.25) is 0 Å². The molecular weight excluding hydrogens is 1330 g/mol. The van der Waals surface area contributed by atoms with Crippen molar-refractivity contribution in [1.82, 2.24) is 0 Å². The van der Waals surface area contributed by atoms with Crippen LogP contribution >= 0.6 is 15.6 Å². The number of carbonyl (C=O) groups excluding carboxylic acids is 4. The molecule has 0 saturated carbocycles. The average molecular weight is 1470 g/mol. The van der Waals surface area contributed by atoms with E-state index in [9.17, 15) is 43.2 Å². The fraction of sp³-hybridized carbons (Fsp3) is 0.711. The Morgan fingerprint density at radius 1 is 0.284 bits per heavy atom. The van der Waals surface area contributed by atoms with Crippen molar-refractivity contribution in [2.24, 2.45) is 0 Å². The van der Waals surface area contributed by atoms with Crippen molar-refractivity contribution in [3.05, 3.63) is 122 Å². The first-order chi connectivity index (χ1) is 49.7. The van der Waals surface area contributed by atoms with Crippen LogP contribution in [0.2, 0.25) is 0 Å². The highest BCUT2D eigenvalue weighted by molar-refractivity contribution is 7.47. The smallest absolute Gasteiger partial charge is 0.462 e. The third-order valence-corrected chi connectivity index (χ3v) is 18.3. The van der Waals surface area contributed by atoms with E-state index in [4.69, 9.17) is 37.0 Å². The molecule has 0 heterocycles. The molecule has 0 rings (SSSR count). The highest BCUT2D eigenvalue weighted by Crippen LogP contribution is 2.45. The van der Waals surface area contributed by atoms with E-state index in [1.54, 1.807) is 0 Å². The first-order valence-corrected chi connectivity index (χ1v) is 42.8. The lowest BCUT2D eigenvalue weighted by molar-refractivity contribution is -0.161. The van der Waals surface area contributed by atoms with Crippen LogP contribution in [-0.2, 0) is 65.4 Å². The van der Waals surface area contributed by atoms with Crippen LogP contribution in [0, 0.1) is 0 Å². The summed E-state index contributed by atoms with van der Waals surface area (Å²) in [4.78, 5) is 73.0. The molecule has 586 valence electrons. The van der Waals surface area contributed by atoms with Crippen LogP contribution in [0.4, 0.5) is 0 Å². The van der Waals surface area contributed by atoms with Gasteiger partial charge in [0, 0.05) is 25.7 Å². The highest BCUT2D eigenvalue weighted by Gasteiger charge is 2.30. The molecule has 0 aromatic rings. The Bertz CT molecular complexity index is 2410. The van der Waals surface area contributed by atoms with Crippen molar-refractivity contribution in [3.8, 4) is 0 Å². The molecule has 0 aromatic heterocycles. The zero-order valence-electron chi connectivity index (χ0n) is 64.0. The van der Waals surface area contributed by atoms with Gasteiger partial charge in [0.1, 0.15) is 19.3 Å². The molecule has 5 unspecified atom stereocenters. The second-order valence-electron chi connectivity index (χ2n) is 26.2. The Morgan fingerprint density at radius 3 is 0.814 bits per heavy atom. The quantitative estimate of drug-likeness (QED) is 0.0169. The van der Waals surface area contributed by atoms with E-state index in [0.717, 1.165) is 186 Å². The minimum Gasteiger partial charge on any atom is -0.462 e. The van der Waals surface area contributed by atoms with Gasteiger partial charge in [-0.3, -0.25) is 37.3 Å². The van der Waals surface area contributed by atoms with Crippen LogP contribution in [0.5, 0.6) is 0 Å². The van der Waals surface area contributed by atoms with Gasteiger partial charge in [-0.15, -0.1) is 0 Å². The number of hydrogen-bond donors (Lipinski definition) is 3. The van der Waals surface area contributed by atoms with E-state index < -0.39 is 97.5 Å². The van der Waals surface area contributed by atoms with Crippen LogP contribution < -0.4 is 0 Å². The van der Waals surface area contributed by atoms with Crippen molar-refractivity contribution < 1.29 is 80.2 Å². The number of phosphoric acid groups is 2. The second-order valence-corrected chi connectivity index (χ2v) is 29.2. The van der Waals surface area contributed by atoms with Gasteiger partial charge in [-0.25, -0.2) is 9.13 Å². The SMILES string of the molecule is CC/C=C\C/C=C\C/C=C\C/C=C\C/C=C\CCCCCC(=O)OCC(COP(=O)(O)OCC(O)COP(=O)(O)OCC(COC(=O)CCCCCCC/C=C\C/C=C\CCCCC)OC(=O)CCCCCCCCCCCCC)OC(=O)CCCCCCCCC/C=C\C/C=C\C/C=C\CC. The third kappa shape index (κ3) is 73.8. The van der Waals surface area contributed by atoms with Crippen LogP contribution in [0.15, 0.2) is 122 Å². The molecule has 0 fully saturated rings. The lowest BCUT2D eigenvalue weighted by Gasteiger charge is -2.21. The Hall–Kier alpha value is -4.54. The molecular formula is C83H142O17P2. The molecule has 17 nitrogen and oxygen atoms in total.